The summed E-state index contributed by atoms with van der Waals surface area (Å²) in [4.78, 5) is 23.9. The van der Waals surface area contributed by atoms with Gasteiger partial charge < -0.3 is 0 Å². The molecule has 0 saturated heterocycles. The SMILES string of the molecule is Cc1ccc(Cl)c2sc(N(Cc3ccccn3)C(=O)c3cc(Cl)sc3Cl)nc12. The van der Waals surface area contributed by atoms with Crippen LogP contribution in [0.1, 0.15) is 21.6 Å². The molecular formula is C19H12Cl3N3OS2. The molecule has 0 N–H and O–H groups in total. The first-order chi connectivity index (χ1) is 13.4. The van der Waals surface area contributed by atoms with Gasteiger partial charge in [0.15, 0.2) is 5.13 Å². The lowest BCUT2D eigenvalue weighted by Gasteiger charge is -2.19. The molecule has 4 rings (SSSR count). The average Bonchev–Trinajstić information content (AvgIpc) is 3.27. The Morgan fingerprint density at radius 3 is 2.61 bits per heavy atom. The summed E-state index contributed by atoms with van der Waals surface area (Å²) < 4.78 is 1.63. The fourth-order valence-electron chi connectivity index (χ4n) is 2.72. The second kappa shape index (κ2) is 7.97. The van der Waals surface area contributed by atoms with Gasteiger partial charge in [0, 0.05) is 6.20 Å². The molecule has 4 nitrogen and oxygen atoms in total. The highest BCUT2D eigenvalue weighted by atomic mass is 35.5. The van der Waals surface area contributed by atoms with Gasteiger partial charge >= 0.3 is 0 Å². The Kier molecular flexibility index (Phi) is 5.58. The number of thiazole rings is 1. The van der Waals surface area contributed by atoms with E-state index in [0.29, 0.717) is 24.4 Å². The third-order valence-corrected chi connectivity index (χ3v) is 7.12. The lowest BCUT2D eigenvalue weighted by Crippen LogP contribution is -2.30. The topological polar surface area (TPSA) is 46.1 Å². The van der Waals surface area contributed by atoms with E-state index in [-0.39, 0.29) is 12.5 Å². The molecule has 0 atom stereocenters. The number of aryl methyl sites for hydroxylation is 1. The molecule has 1 aromatic carbocycles. The van der Waals surface area contributed by atoms with Gasteiger partial charge in [-0.2, -0.15) is 0 Å². The van der Waals surface area contributed by atoms with Gasteiger partial charge in [0.2, 0.25) is 0 Å². The van der Waals surface area contributed by atoms with Crippen LogP contribution in [0.3, 0.4) is 0 Å². The number of rotatable bonds is 4. The highest BCUT2D eigenvalue weighted by molar-refractivity contribution is 7.23. The molecule has 0 unspecified atom stereocenters. The Balaban J connectivity index is 1.83. The first kappa shape index (κ1) is 19.6. The monoisotopic (exact) mass is 467 g/mol. The lowest BCUT2D eigenvalue weighted by atomic mass is 10.2. The number of halogens is 3. The zero-order valence-corrected chi connectivity index (χ0v) is 18.3. The van der Waals surface area contributed by atoms with Crippen molar-refractivity contribution in [1.29, 1.82) is 0 Å². The van der Waals surface area contributed by atoms with Crippen molar-refractivity contribution in [3.05, 3.63) is 73.1 Å². The maximum atomic E-state index is 13.3. The van der Waals surface area contributed by atoms with Crippen molar-refractivity contribution in [2.24, 2.45) is 0 Å². The summed E-state index contributed by atoms with van der Waals surface area (Å²) in [6, 6.07) is 10.9. The standard InChI is InChI=1S/C19H12Cl3N3OS2/c1-10-5-6-13(20)16-15(10)24-19(28-16)25(9-11-4-2-3-7-23-11)18(26)12-8-14(21)27-17(12)22/h2-8H,9H2,1H3. The fourth-order valence-corrected chi connectivity index (χ4v) is 5.48. The minimum atomic E-state index is -0.286. The molecule has 3 aromatic heterocycles. The van der Waals surface area contributed by atoms with Crippen molar-refractivity contribution >= 4 is 78.7 Å². The quantitative estimate of drug-likeness (QED) is 0.328. The first-order valence-electron chi connectivity index (χ1n) is 8.16. The second-order valence-corrected chi connectivity index (χ2v) is 9.66. The van der Waals surface area contributed by atoms with E-state index in [9.17, 15) is 4.79 Å². The van der Waals surface area contributed by atoms with E-state index in [1.54, 1.807) is 17.2 Å². The molecule has 0 saturated carbocycles. The Bertz CT molecular complexity index is 1140. The van der Waals surface area contributed by atoms with E-state index < -0.39 is 0 Å². The Morgan fingerprint density at radius 1 is 1.14 bits per heavy atom. The smallest absolute Gasteiger partial charge is 0.262 e. The number of benzene rings is 1. The van der Waals surface area contributed by atoms with Gasteiger partial charge in [0.25, 0.3) is 5.91 Å². The summed E-state index contributed by atoms with van der Waals surface area (Å²) in [5, 5.41) is 1.13. The van der Waals surface area contributed by atoms with E-state index in [2.05, 4.69) is 4.98 Å². The number of fused-ring (bicyclic) bond motifs is 1. The van der Waals surface area contributed by atoms with Crippen molar-refractivity contribution in [2.75, 3.05) is 4.90 Å². The molecule has 0 fully saturated rings. The van der Waals surface area contributed by atoms with E-state index in [1.807, 2.05) is 37.3 Å². The highest BCUT2D eigenvalue weighted by Crippen LogP contribution is 2.38. The number of anilines is 1. The molecule has 0 aliphatic heterocycles. The molecule has 142 valence electrons. The van der Waals surface area contributed by atoms with E-state index in [0.717, 1.165) is 32.8 Å². The Labute approximate surface area is 184 Å². The van der Waals surface area contributed by atoms with E-state index in [1.165, 1.54) is 11.3 Å². The van der Waals surface area contributed by atoms with Crippen LogP contribution in [0, 0.1) is 6.92 Å². The van der Waals surface area contributed by atoms with E-state index in [4.69, 9.17) is 39.8 Å². The molecule has 9 heteroatoms. The van der Waals surface area contributed by atoms with Crippen molar-refractivity contribution in [2.45, 2.75) is 13.5 Å². The minimum absolute atomic E-state index is 0.250. The van der Waals surface area contributed by atoms with Crippen LogP contribution in [0.5, 0.6) is 0 Å². The number of hydrogen-bond acceptors (Lipinski definition) is 5. The summed E-state index contributed by atoms with van der Waals surface area (Å²) in [6.45, 7) is 2.21. The highest BCUT2D eigenvalue weighted by Gasteiger charge is 2.26. The molecule has 0 radical (unpaired) electrons. The number of carbonyl (C=O) groups is 1. The summed E-state index contributed by atoms with van der Waals surface area (Å²) in [6.07, 6.45) is 1.69. The maximum Gasteiger partial charge on any atom is 0.262 e. The first-order valence-corrected chi connectivity index (χ1v) is 10.9. The van der Waals surface area contributed by atoms with Gasteiger partial charge in [-0.05, 0) is 36.8 Å². The van der Waals surface area contributed by atoms with E-state index >= 15 is 0 Å². The summed E-state index contributed by atoms with van der Waals surface area (Å²) in [5.74, 6) is -0.286. The van der Waals surface area contributed by atoms with Gasteiger partial charge in [-0.15, -0.1) is 11.3 Å². The van der Waals surface area contributed by atoms with Crippen LogP contribution >= 0.6 is 57.5 Å². The molecule has 0 bridgehead atoms. The van der Waals surface area contributed by atoms with Crippen LogP contribution in [-0.2, 0) is 6.54 Å². The number of hydrogen-bond donors (Lipinski definition) is 0. The molecule has 4 aromatic rings. The Hall–Kier alpha value is -1.70. The van der Waals surface area contributed by atoms with Crippen molar-refractivity contribution < 1.29 is 4.79 Å². The van der Waals surface area contributed by atoms with Gasteiger partial charge in [-0.1, -0.05) is 58.3 Å². The largest absolute Gasteiger partial charge is 0.278 e. The predicted molar refractivity (Wildman–Crippen MR) is 118 cm³/mol. The number of nitrogens with zero attached hydrogens (tertiary/aromatic N) is 3. The predicted octanol–water partition coefficient (Wildman–Crippen LogP) is 6.87. The van der Waals surface area contributed by atoms with Crippen LogP contribution in [-0.4, -0.2) is 15.9 Å². The number of amides is 1. The second-order valence-electron chi connectivity index (χ2n) is 5.99. The average molecular weight is 469 g/mol. The van der Waals surface area contributed by atoms with Crippen LogP contribution in [0.2, 0.25) is 13.7 Å². The molecule has 0 aliphatic rings. The van der Waals surface area contributed by atoms with Gasteiger partial charge in [0.05, 0.1) is 37.4 Å². The van der Waals surface area contributed by atoms with Crippen LogP contribution in [0.25, 0.3) is 10.2 Å². The number of thiophene rings is 1. The molecule has 28 heavy (non-hydrogen) atoms. The third-order valence-electron chi connectivity index (χ3n) is 4.10. The fraction of sp³-hybridized carbons (Fsp3) is 0.105. The Morgan fingerprint density at radius 2 is 1.96 bits per heavy atom. The van der Waals surface area contributed by atoms with Crippen molar-refractivity contribution in [3.63, 3.8) is 0 Å². The lowest BCUT2D eigenvalue weighted by molar-refractivity contribution is 0.0985. The molecular weight excluding hydrogens is 457 g/mol. The van der Waals surface area contributed by atoms with Crippen molar-refractivity contribution in [3.8, 4) is 0 Å². The van der Waals surface area contributed by atoms with Crippen LogP contribution < -0.4 is 4.90 Å². The summed E-state index contributed by atoms with van der Waals surface area (Å²) in [7, 11) is 0. The zero-order chi connectivity index (χ0) is 19.8. The maximum absolute atomic E-state index is 13.3. The van der Waals surface area contributed by atoms with Crippen LogP contribution in [0.4, 0.5) is 5.13 Å². The molecule has 3 heterocycles. The molecule has 0 aliphatic carbocycles. The van der Waals surface area contributed by atoms with Gasteiger partial charge in [-0.3, -0.25) is 14.7 Å². The normalized spacial score (nSPS) is 11.1. The number of pyridine rings is 1. The minimum Gasteiger partial charge on any atom is -0.278 e. The number of carbonyl (C=O) groups excluding carboxylic acids is 1. The molecule has 0 spiro atoms. The van der Waals surface area contributed by atoms with Gasteiger partial charge in [-0.25, -0.2) is 4.98 Å². The third kappa shape index (κ3) is 3.75. The zero-order valence-electron chi connectivity index (χ0n) is 14.4. The van der Waals surface area contributed by atoms with Crippen LogP contribution in [0.15, 0.2) is 42.6 Å². The summed E-state index contributed by atoms with van der Waals surface area (Å²) >= 11 is 21.2. The van der Waals surface area contributed by atoms with Crippen molar-refractivity contribution in [1.82, 2.24) is 9.97 Å². The van der Waals surface area contributed by atoms with Gasteiger partial charge in [0.1, 0.15) is 4.34 Å². The number of aromatic nitrogens is 2. The molecule has 1 amide bonds. The summed E-state index contributed by atoms with van der Waals surface area (Å²) in [5.41, 5.74) is 2.84.